The number of rotatable bonds is 2. The Bertz CT molecular complexity index is 164. The second kappa shape index (κ2) is 4.75. The topological polar surface area (TPSA) is 40.9 Å². The SMILES string of the molecule is CC(C)[C@@H](Br)C(=O)SC#N. The number of halogens is 1. The molecule has 0 aromatic heterocycles. The highest BCUT2D eigenvalue weighted by Crippen LogP contribution is 2.18. The van der Waals surface area contributed by atoms with E-state index in [0.29, 0.717) is 11.8 Å². The molecule has 0 amide bonds. The summed E-state index contributed by atoms with van der Waals surface area (Å²) in [5.41, 5.74) is 0. The van der Waals surface area contributed by atoms with Crippen molar-refractivity contribution in [1.29, 1.82) is 5.26 Å². The lowest BCUT2D eigenvalue weighted by atomic mass is 10.2. The zero-order valence-electron chi connectivity index (χ0n) is 5.80. The first-order chi connectivity index (χ1) is 4.59. The molecule has 56 valence electrons. The van der Waals surface area contributed by atoms with Gasteiger partial charge in [0.1, 0.15) is 5.40 Å². The number of alkyl halides is 1. The van der Waals surface area contributed by atoms with E-state index in [2.05, 4.69) is 15.9 Å². The third-order valence-electron chi connectivity index (χ3n) is 0.957. The molecule has 0 saturated heterocycles. The molecule has 0 aromatic carbocycles. The number of carbonyl (C=O) groups is 1. The van der Waals surface area contributed by atoms with Crippen LogP contribution in [0, 0.1) is 16.6 Å². The second-order valence-corrected chi connectivity index (χ2v) is 3.93. The predicted molar refractivity (Wildman–Crippen MR) is 45.8 cm³/mol. The van der Waals surface area contributed by atoms with Crippen LogP contribution in [-0.4, -0.2) is 9.94 Å². The molecule has 2 nitrogen and oxygen atoms in total. The molecule has 0 rings (SSSR count). The lowest BCUT2D eigenvalue weighted by Gasteiger charge is -2.08. The van der Waals surface area contributed by atoms with Crippen LogP contribution in [0.3, 0.4) is 0 Å². The molecule has 1 atom stereocenters. The molecule has 0 bridgehead atoms. The van der Waals surface area contributed by atoms with Gasteiger partial charge in [-0.1, -0.05) is 29.8 Å². The fourth-order valence-corrected chi connectivity index (χ4v) is 1.13. The van der Waals surface area contributed by atoms with Crippen LogP contribution in [0.1, 0.15) is 13.8 Å². The number of carbonyl (C=O) groups excluding carboxylic acids is 1. The monoisotopic (exact) mass is 221 g/mol. The third-order valence-corrected chi connectivity index (χ3v) is 3.28. The molecule has 0 heterocycles. The molecule has 4 heteroatoms. The van der Waals surface area contributed by atoms with Gasteiger partial charge >= 0.3 is 0 Å². The third kappa shape index (κ3) is 3.23. The van der Waals surface area contributed by atoms with Crippen LogP contribution in [0.15, 0.2) is 0 Å². The molecule has 0 radical (unpaired) electrons. The molecule has 0 aromatic rings. The Morgan fingerprint density at radius 2 is 2.20 bits per heavy atom. The summed E-state index contributed by atoms with van der Waals surface area (Å²) < 4.78 is 0. The van der Waals surface area contributed by atoms with Crippen molar-refractivity contribution in [1.82, 2.24) is 0 Å². The Morgan fingerprint density at radius 3 is 2.50 bits per heavy atom. The average molecular weight is 222 g/mol. The minimum Gasteiger partial charge on any atom is -0.285 e. The van der Waals surface area contributed by atoms with Crippen molar-refractivity contribution in [2.24, 2.45) is 5.92 Å². The molecule has 0 saturated carbocycles. The first-order valence-electron chi connectivity index (χ1n) is 2.83. The van der Waals surface area contributed by atoms with Crippen molar-refractivity contribution >= 4 is 32.8 Å². The van der Waals surface area contributed by atoms with Crippen LogP contribution in [0.4, 0.5) is 0 Å². The van der Waals surface area contributed by atoms with E-state index in [1.807, 2.05) is 13.8 Å². The van der Waals surface area contributed by atoms with Crippen LogP contribution in [0.2, 0.25) is 0 Å². The standard InChI is InChI=1S/C6H8BrNOS/c1-4(2)5(7)6(9)10-3-8/h4-5H,1-2H3/t5-/m1/s1. The summed E-state index contributed by atoms with van der Waals surface area (Å²) in [6.45, 7) is 3.85. The lowest BCUT2D eigenvalue weighted by molar-refractivity contribution is -0.110. The Hall–Kier alpha value is -0.0100. The van der Waals surface area contributed by atoms with Crippen LogP contribution in [0.5, 0.6) is 0 Å². The Balaban J connectivity index is 3.85. The Kier molecular flexibility index (Phi) is 4.75. The van der Waals surface area contributed by atoms with Gasteiger partial charge in [-0.05, 0) is 5.92 Å². The molecule has 0 spiro atoms. The normalized spacial score (nSPS) is 12.7. The zero-order chi connectivity index (χ0) is 8.15. The summed E-state index contributed by atoms with van der Waals surface area (Å²) in [5, 5.41) is 9.77. The molecule has 0 aliphatic carbocycles. The number of nitrogens with zero attached hydrogens (tertiary/aromatic N) is 1. The van der Waals surface area contributed by atoms with Gasteiger partial charge in [0.2, 0.25) is 5.12 Å². The number of thiocyanates is 1. The highest BCUT2D eigenvalue weighted by atomic mass is 79.9. The fourth-order valence-electron chi connectivity index (χ4n) is 0.373. The van der Waals surface area contributed by atoms with Crippen molar-refractivity contribution in [3.63, 3.8) is 0 Å². The predicted octanol–water partition coefficient (Wildman–Crippen LogP) is 2.15. The van der Waals surface area contributed by atoms with Gasteiger partial charge in [-0.3, -0.25) is 4.79 Å². The average Bonchev–Trinajstić information content (AvgIpc) is 1.87. The molecule has 0 fully saturated rings. The van der Waals surface area contributed by atoms with E-state index in [1.165, 1.54) is 0 Å². The van der Waals surface area contributed by atoms with Gasteiger partial charge in [0.15, 0.2) is 0 Å². The second-order valence-electron chi connectivity index (χ2n) is 2.16. The van der Waals surface area contributed by atoms with E-state index in [-0.39, 0.29) is 15.9 Å². The summed E-state index contributed by atoms with van der Waals surface area (Å²) >= 11 is 3.87. The molecule has 0 aliphatic rings. The van der Waals surface area contributed by atoms with Gasteiger partial charge in [-0.2, -0.15) is 5.26 Å². The number of hydrogen-bond donors (Lipinski definition) is 0. The van der Waals surface area contributed by atoms with Gasteiger partial charge in [0.25, 0.3) is 0 Å². The van der Waals surface area contributed by atoms with E-state index >= 15 is 0 Å². The minimum atomic E-state index is -0.197. The molecule has 10 heavy (non-hydrogen) atoms. The highest BCUT2D eigenvalue weighted by Gasteiger charge is 2.18. The van der Waals surface area contributed by atoms with Crippen LogP contribution < -0.4 is 0 Å². The highest BCUT2D eigenvalue weighted by molar-refractivity contribution is 9.10. The van der Waals surface area contributed by atoms with Crippen molar-refractivity contribution < 1.29 is 4.79 Å². The van der Waals surface area contributed by atoms with E-state index in [1.54, 1.807) is 5.40 Å². The zero-order valence-corrected chi connectivity index (χ0v) is 8.20. The lowest BCUT2D eigenvalue weighted by Crippen LogP contribution is -2.15. The smallest absolute Gasteiger partial charge is 0.217 e. The fraction of sp³-hybridized carbons (Fsp3) is 0.667. The minimum absolute atomic E-state index is 0.113. The maximum absolute atomic E-state index is 10.9. The largest absolute Gasteiger partial charge is 0.285 e. The molecule has 0 unspecified atom stereocenters. The molecule has 0 aliphatic heterocycles. The van der Waals surface area contributed by atoms with Gasteiger partial charge in [-0.15, -0.1) is 0 Å². The van der Waals surface area contributed by atoms with Gasteiger partial charge < -0.3 is 0 Å². The van der Waals surface area contributed by atoms with Crippen LogP contribution >= 0.6 is 27.7 Å². The van der Waals surface area contributed by atoms with Crippen molar-refractivity contribution in [3.8, 4) is 5.40 Å². The summed E-state index contributed by atoms with van der Waals surface area (Å²) in [5.74, 6) is 0.244. The first-order valence-corrected chi connectivity index (χ1v) is 4.56. The van der Waals surface area contributed by atoms with Crippen molar-refractivity contribution in [2.75, 3.05) is 0 Å². The van der Waals surface area contributed by atoms with Crippen LogP contribution in [0.25, 0.3) is 0 Å². The van der Waals surface area contributed by atoms with E-state index in [9.17, 15) is 4.79 Å². The number of nitriles is 1. The van der Waals surface area contributed by atoms with E-state index < -0.39 is 0 Å². The Morgan fingerprint density at radius 1 is 1.70 bits per heavy atom. The van der Waals surface area contributed by atoms with E-state index in [0.717, 1.165) is 0 Å². The molecular weight excluding hydrogens is 214 g/mol. The van der Waals surface area contributed by atoms with Gasteiger partial charge in [0.05, 0.1) is 4.83 Å². The van der Waals surface area contributed by atoms with Gasteiger partial charge in [0, 0.05) is 11.8 Å². The quantitative estimate of drug-likeness (QED) is 0.530. The van der Waals surface area contributed by atoms with Crippen molar-refractivity contribution in [3.05, 3.63) is 0 Å². The first kappa shape index (κ1) is 9.99. The molecule has 0 N–H and O–H groups in total. The van der Waals surface area contributed by atoms with E-state index in [4.69, 9.17) is 5.26 Å². The summed E-state index contributed by atoms with van der Waals surface area (Å²) in [4.78, 5) is 10.7. The van der Waals surface area contributed by atoms with Crippen LogP contribution in [-0.2, 0) is 4.79 Å². The van der Waals surface area contributed by atoms with Gasteiger partial charge in [-0.25, -0.2) is 0 Å². The number of thioether (sulfide) groups is 1. The van der Waals surface area contributed by atoms with Crippen molar-refractivity contribution in [2.45, 2.75) is 18.7 Å². The maximum Gasteiger partial charge on any atom is 0.217 e. The number of hydrogen-bond acceptors (Lipinski definition) is 3. The molecular formula is C6H8BrNOS. The summed E-state index contributed by atoms with van der Waals surface area (Å²) in [7, 11) is 0. The maximum atomic E-state index is 10.9. The summed E-state index contributed by atoms with van der Waals surface area (Å²) in [6.07, 6.45) is 0. The Labute approximate surface area is 73.1 Å². The summed E-state index contributed by atoms with van der Waals surface area (Å²) in [6, 6.07) is 0.